The van der Waals surface area contributed by atoms with Crippen LogP contribution in [0.15, 0.2) is 0 Å². The van der Waals surface area contributed by atoms with Gasteiger partial charge in [-0.05, 0) is 0 Å². The molecule has 0 aliphatic rings. The van der Waals surface area contributed by atoms with Crippen molar-refractivity contribution in [2.75, 3.05) is 42.3 Å². The van der Waals surface area contributed by atoms with E-state index in [2.05, 4.69) is 5.43 Å². The van der Waals surface area contributed by atoms with Crippen molar-refractivity contribution in [1.29, 1.82) is 0 Å². The zero-order valence-corrected chi connectivity index (χ0v) is 10.3. The van der Waals surface area contributed by atoms with E-state index >= 15 is 0 Å². The molecule has 0 aliphatic heterocycles. The number of amides is 1. The van der Waals surface area contributed by atoms with Crippen LogP contribution >= 0.6 is 0 Å². The normalized spacial score (nSPS) is 14.8. The quantitative estimate of drug-likeness (QED) is 0.411. The molecule has 5 nitrogen and oxygen atoms in total. The molecule has 0 radical (unpaired) electrons. The van der Waals surface area contributed by atoms with E-state index in [1.165, 1.54) is 0 Å². The number of hydrogen-bond donors (Lipinski definition) is 1. The average Bonchev–Trinajstić information content (AvgIpc) is 1.79. The first-order chi connectivity index (χ1) is 6.02. The summed E-state index contributed by atoms with van der Waals surface area (Å²) >= 11 is 0. The molecule has 1 atom stereocenters. The van der Waals surface area contributed by atoms with Crippen molar-refractivity contribution in [3.8, 4) is 0 Å². The third-order valence-corrected chi connectivity index (χ3v) is 1.80. The molecule has 0 heterocycles. The summed E-state index contributed by atoms with van der Waals surface area (Å²) in [5.41, 5.74) is 2.69. The number of nitrogens with one attached hydrogen (secondary N) is 1. The number of ether oxygens (including phenoxy) is 1. The van der Waals surface area contributed by atoms with E-state index in [4.69, 9.17) is 4.74 Å². The Morgan fingerprint density at radius 2 is 1.57 bits per heavy atom. The van der Waals surface area contributed by atoms with E-state index in [9.17, 15) is 4.79 Å². The van der Waals surface area contributed by atoms with Crippen molar-refractivity contribution in [1.82, 2.24) is 5.43 Å². The fourth-order valence-corrected chi connectivity index (χ4v) is 0.613. The highest BCUT2D eigenvalue weighted by atomic mass is 16.6. The minimum atomic E-state index is -0.391. The Balaban J connectivity index is 4.09. The first-order valence-electron chi connectivity index (χ1n) is 4.64. The van der Waals surface area contributed by atoms with Gasteiger partial charge in [-0.25, -0.2) is 9.39 Å². The molecule has 0 aromatic carbocycles. The van der Waals surface area contributed by atoms with E-state index < -0.39 is 6.09 Å². The number of nitrogens with zero attached hydrogens (tertiary/aromatic N) is 2. The fourth-order valence-electron chi connectivity index (χ4n) is 0.613. The maximum absolute atomic E-state index is 11.4. The van der Waals surface area contributed by atoms with Crippen LogP contribution in [-0.2, 0) is 4.74 Å². The second-order valence-corrected chi connectivity index (χ2v) is 5.25. The van der Waals surface area contributed by atoms with Crippen molar-refractivity contribution in [2.45, 2.75) is 13.2 Å². The Hall–Kier alpha value is -0.810. The summed E-state index contributed by atoms with van der Waals surface area (Å²) in [6.07, 6.45) is -0.556. The predicted octanol–water partition coefficient (Wildman–Crippen LogP) is 0.386. The molecule has 0 rings (SSSR count). The van der Waals surface area contributed by atoms with Gasteiger partial charge in [-0.15, -0.1) is 0 Å². The zero-order valence-electron chi connectivity index (χ0n) is 10.3. The smallest absolute Gasteiger partial charge is 0.393 e. The van der Waals surface area contributed by atoms with Crippen molar-refractivity contribution in [3.63, 3.8) is 0 Å². The molecule has 0 aromatic rings. The lowest BCUT2D eigenvalue weighted by Crippen LogP contribution is -2.54. The number of rotatable bonds is 3. The SMILES string of the molecule is CC(OC(=O)N[N+](C)(C)C)[N+](C)(C)C. The number of hydrogen-bond acceptors (Lipinski definition) is 2. The highest BCUT2D eigenvalue weighted by Gasteiger charge is 2.24. The molecule has 0 fully saturated rings. The number of carbonyl (C=O) groups is 1. The Morgan fingerprint density at radius 3 is 1.86 bits per heavy atom. The summed E-state index contributed by atoms with van der Waals surface area (Å²) in [6, 6.07) is 0. The molecule has 0 spiro atoms. The third-order valence-electron chi connectivity index (χ3n) is 1.80. The molecule has 84 valence electrons. The molecule has 0 saturated carbocycles. The standard InChI is InChI=1S/C9H22N3O2/c1-8(11(2,3)4)14-9(13)10-12(5,6)7/h8H,1-7H3/q+1/p+1. The van der Waals surface area contributed by atoms with Gasteiger partial charge >= 0.3 is 6.09 Å². The van der Waals surface area contributed by atoms with Gasteiger partial charge in [0.25, 0.3) is 0 Å². The van der Waals surface area contributed by atoms with Crippen LogP contribution < -0.4 is 5.43 Å². The molecule has 1 amide bonds. The van der Waals surface area contributed by atoms with E-state index in [1.807, 2.05) is 49.2 Å². The van der Waals surface area contributed by atoms with Gasteiger partial charge in [0.05, 0.1) is 42.3 Å². The fraction of sp³-hybridized carbons (Fsp3) is 0.889. The first-order valence-corrected chi connectivity index (χ1v) is 4.64. The van der Waals surface area contributed by atoms with Crippen LogP contribution in [0.5, 0.6) is 0 Å². The largest absolute Gasteiger partial charge is 0.456 e. The van der Waals surface area contributed by atoms with Crippen molar-refractivity contribution in [2.24, 2.45) is 0 Å². The Bertz CT molecular complexity index is 203. The predicted molar refractivity (Wildman–Crippen MR) is 55.1 cm³/mol. The van der Waals surface area contributed by atoms with Gasteiger partial charge in [0.2, 0.25) is 6.23 Å². The molecule has 14 heavy (non-hydrogen) atoms. The van der Waals surface area contributed by atoms with Crippen LogP contribution in [0.3, 0.4) is 0 Å². The summed E-state index contributed by atoms with van der Waals surface area (Å²) in [5, 5.41) is 0. The van der Waals surface area contributed by atoms with Gasteiger partial charge < -0.3 is 4.74 Å². The van der Waals surface area contributed by atoms with Crippen LogP contribution in [-0.4, -0.2) is 63.7 Å². The Morgan fingerprint density at radius 1 is 1.14 bits per heavy atom. The van der Waals surface area contributed by atoms with Gasteiger partial charge in [-0.3, -0.25) is 4.48 Å². The Kier molecular flexibility index (Phi) is 3.91. The summed E-state index contributed by atoms with van der Waals surface area (Å²) in [6.45, 7) is 1.87. The number of carbonyl (C=O) groups excluding carboxylic acids is 1. The van der Waals surface area contributed by atoms with Crippen LogP contribution in [0.1, 0.15) is 6.92 Å². The Labute approximate surface area is 86.4 Å². The highest BCUT2D eigenvalue weighted by molar-refractivity contribution is 5.65. The minimum Gasteiger partial charge on any atom is -0.393 e. The molecular weight excluding hydrogens is 182 g/mol. The van der Waals surface area contributed by atoms with Crippen LogP contribution in [0.2, 0.25) is 0 Å². The molecule has 0 aliphatic carbocycles. The van der Waals surface area contributed by atoms with Crippen LogP contribution in [0, 0.1) is 0 Å². The molecule has 5 heteroatoms. The summed E-state index contributed by atoms with van der Waals surface area (Å²) in [7, 11) is 11.5. The average molecular weight is 205 g/mol. The lowest BCUT2D eigenvalue weighted by Gasteiger charge is -2.31. The monoisotopic (exact) mass is 205 g/mol. The van der Waals surface area contributed by atoms with Crippen molar-refractivity contribution >= 4 is 6.09 Å². The van der Waals surface area contributed by atoms with Gasteiger partial charge in [-0.2, -0.15) is 5.43 Å². The van der Waals surface area contributed by atoms with Crippen LogP contribution in [0.25, 0.3) is 0 Å². The lowest BCUT2D eigenvalue weighted by molar-refractivity contribution is -0.920. The first kappa shape index (κ1) is 13.2. The lowest BCUT2D eigenvalue weighted by atomic mass is 10.5. The summed E-state index contributed by atoms with van der Waals surface area (Å²) < 4.78 is 6.14. The topological polar surface area (TPSA) is 38.3 Å². The summed E-state index contributed by atoms with van der Waals surface area (Å²) in [5.74, 6) is 0. The molecule has 0 aromatic heterocycles. The van der Waals surface area contributed by atoms with Gasteiger partial charge in [0.15, 0.2) is 0 Å². The molecule has 1 unspecified atom stereocenters. The minimum absolute atomic E-state index is 0.165. The molecule has 0 saturated heterocycles. The van der Waals surface area contributed by atoms with E-state index in [-0.39, 0.29) is 6.23 Å². The molecule has 0 bridgehead atoms. The third kappa shape index (κ3) is 5.77. The van der Waals surface area contributed by atoms with Crippen molar-refractivity contribution in [3.05, 3.63) is 0 Å². The highest BCUT2D eigenvalue weighted by Crippen LogP contribution is 2.03. The number of quaternary nitrogens is 2. The maximum atomic E-state index is 11.4. The van der Waals surface area contributed by atoms with Crippen molar-refractivity contribution < 1.29 is 18.6 Å². The molecule has 1 N–H and O–H groups in total. The second kappa shape index (κ2) is 4.14. The maximum Gasteiger partial charge on any atom is 0.456 e. The molecular formula is C9H23N3O2+2. The van der Waals surface area contributed by atoms with E-state index in [0.29, 0.717) is 9.08 Å². The summed E-state index contributed by atoms with van der Waals surface area (Å²) in [4.78, 5) is 11.4. The second-order valence-electron chi connectivity index (χ2n) is 5.25. The van der Waals surface area contributed by atoms with Gasteiger partial charge in [0, 0.05) is 6.92 Å². The van der Waals surface area contributed by atoms with Crippen LogP contribution in [0.4, 0.5) is 4.79 Å². The van der Waals surface area contributed by atoms with Gasteiger partial charge in [0.1, 0.15) is 0 Å². The van der Waals surface area contributed by atoms with Gasteiger partial charge in [-0.1, -0.05) is 0 Å². The van der Waals surface area contributed by atoms with E-state index in [1.54, 1.807) is 0 Å². The zero-order chi connectivity index (χ0) is 11.6. The van der Waals surface area contributed by atoms with E-state index in [0.717, 1.165) is 0 Å².